The van der Waals surface area contributed by atoms with E-state index >= 15 is 0 Å². The Morgan fingerprint density at radius 2 is 1.30 bits per heavy atom. The third-order valence-corrected chi connectivity index (χ3v) is 7.06. The molecule has 1 heteroatoms. The van der Waals surface area contributed by atoms with E-state index in [1.807, 2.05) is 0 Å². The lowest BCUT2D eigenvalue weighted by Crippen LogP contribution is -2.42. The zero-order valence-electron chi connectivity index (χ0n) is 16.7. The molecule has 0 saturated heterocycles. The van der Waals surface area contributed by atoms with Crippen molar-refractivity contribution >= 4 is 13.3 Å². The molecule has 1 rings (SSSR count). The number of hydrogen-bond donors (Lipinski definition) is 0. The van der Waals surface area contributed by atoms with Gasteiger partial charge in [0.1, 0.15) is 0 Å². The van der Waals surface area contributed by atoms with Gasteiger partial charge in [0.25, 0.3) is 0 Å². The second-order valence-corrected chi connectivity index (χ2v) is 13.3. The topological polar surface area (TPSA) is 0 Å². The average molecular weight is 333 g/mol. The maximum absolute atomic E-state index is 2.57. The summed E-state index contributed by atoms with van der Waals surface area (Å²) in [6, 6.07) is 5.06. The van der Waals surface area contributed by atoms with Crippen LogP contribution in [-0.4, -0.2) is 8.07 Å². The molecule has 0 radical (unpaired) electrons. The lowest BCUT2D eigenvalue weighted by atomic mass is 9.98. The first-order valence-electron chi connectivity index (χ1n) is 10.0. The van der Waals surface area contributed by atoms with Gasteiger partial charge in [0.05, 0.1) is 8.07 Å². The standard InChI is InChI=1S/C22H40Si/c1-7-9-11-13-15-20-17-19(3)22(23(4,5)6)21(18-20)16-14-12-10-8-2/h17-18H,7-16H2,1-6H3. The van der Waals surface area contributed by atoms with Crippen molar-refractivity contribution < 1.29 is 0 Å². The lowest BCUT2D eigenvalue weighted by molar-refractivity contribution is 0.661. The first-order chi connectivity index (χ1) is 10.9. The summed E-state index contributed by atoms with van der Waals surface area (Å²) in [5.41, 5.74) is 4.85. The summed E-state index contributed by atoms with van der Waals surface area (Å²) >= 11 is 0. The van der Waals surface area contributed by atoms with Gasteiger partial charge in [-0.2, -0.15) is 0 Å². The summed E-state index contributed by atoms with van der Waals surface area (Å²) < 4.78 is 0. The molecule has 0 aliphatic carbocycles. The molecule has 0 amide bonds. The van der Waals surface area contributed by atoms with E-state index in [1.54, 1.807) is 21.9 Å². The highest BCUT2D eigenvalue weighted by Gasteiger charge is 2.22. The van der Waals surface area contributed by atoms with Gasteiger partial charge >= 0.3 is 0 Å². The maximum Gasteiger partial charge on any atom is 0.0783 e. The molecule has 0 spiro atoms. The van der Waals surface area contributed by atoms with Crippen LogP contribution < -0.4 is 5.19 Å². The van der Waals surface area contributed by atoms with Gasteiger partial charge in [-0.15, -0.1) is 0 Å². The second kappa shape index (κ2) is 10.3. The minimum atomic E-state index is -1.26. The molecule has 1 aromatic carbocycles. The fraction of sp³-hybridized carbons (Fsp3) is 0.727. The lowest BCUT2D eigenvalue weighted by Gasteiger charge is -2.25. The molecule has 0 aromatic heterocycles. The van der Waals surface area contributed by atoms with Crippen molar-refractivity contribution in [3.05, 3.63) is 28.8 Å². The van der Waals surface area contributed by atoms with E-state index < -0.39 is 8.07 Å². The Bertz CT molecular complexity index is 454. The van der Waals surface area contributed by atoms with Gasteiger partial charge in [-0.3, -0.25) is 0 Å². The van der Waals surface area contributed by atoms with E-state index in [0.717, 1.165) is 0 Å². The van der Waals surface area contributed by atoms with Gasteiger partial charge in [0, 0.05) is 0 Å². The zero-order chi connectivity index (χ0) is 17.3. The molecule has 23 heavy (non-hydrogen) atoms. The van der Waals surface area contributed by atoms with E-state index in [-0.39, 0.29) is 0 Å². The Morgan fingerprint density at radius 3 is 1.83 bits per heavy atom. The second-order valence-electron chi connectivity index (χ2n) is 8.32. The van der Waals surface area contributed by atoms with Crippen molar-refractivity contribution in [3.63, 3.8) is 0 Å². The van der Waals surface area contributed by atoms with Gasteiger partial charge in [-0.05, 0) is 43.7 Å². The van der Waals surface area contributed by atoms with Crippen LogP contribution in [-0.2, 0) is 12.8 Å². The minimum absolute atomic E-state index is 1.26. The van der Waals surface area contributed by atoms with Crippen LogP contribution >= 0.6 is 0 Å². The molecule has 0 bridgehead atoms. The van der Waals surface area contributed by atoms with Crippen molar-refractivity contribution in [3.8, 4) is 0 Å². The maximum atomic E-state index is 2.57. The predicted octanol–water partition coefficient (Wildman–Crippen LogP) is 6.79. The van der Waals surface area contributed by atoms with Gasteiger partial charge in [0.2, 0.25) is 0 Å². The van der Waals surface area contributed by atoms with Crippen LogP contribution in [0.15, 0.2) is 12.1 Å². The predicted molar refractivity (Wildman–Crippen MR) is 110 cm³/mol. The monoisotopic (exact) mass is 332 g/mol. The number of hydrogen-bond acceptors (Lipinski definition) is 0. The molecule has 0 heterocycles. The van der Waals surface area contributed by atoms with E-state index in [4.69, 9.17) is 0 Å². The zero-order valence-corrected chi connectivity index (χ0v) is 17.7. The summed E-state index contributed by atoms with van der Waals surface area (Å²) in [6.07, 6.45) is 13.5. The summed E-state index contributed by atoms with van der Waals surface area (Å²) in [4.78, 5) is 0. The highest BCUT2D eigenvalue weighted by molar-refractivity contribution is 6.89. The van der Waals surface area contributed by atoms with Gasteiger partial charge < -0.3 is 0 Å². The fourth-order valence-corrected chi connectivity index (χ4v) is 6.27. The molecule has 132 valence electrons. The van der Waals surface area contributed by atoms with Crippen LogP contribution in [0.1, 0.15) is 81.9 Å². The Balaban J connectivity index is 2.88. The summed E-state index contributed by atoms with van der Waals surface area (Å²) in [6.45, 7) is 14.5. The molecule has 0 unspecified atom stereocenters. The van der Waals surface area contributed by atoms with E-state index in [2.05, 4.69) is 52.5 Å². The smallest absolute Gasteiger partial charge is 0.0656 e. The largest absolute Gasteiger partial charge is 0.0783 e. The van der Waals surface area contributed by atoms with Crippen molar-refractivity contribution in [2.24, 2.45) is 0 Å². The third-order valence-electron chi connectivity index (χ3n) is 4.85. The van der Waals surface area contributed by atoms with Crippen molar-refractivity contribution in [2.45, 2.75) is 105 Å². The molecule has 0 fully saturated rings. The molecule has 0 aliphatic heterocycles. The normalized spacial score (nSPS) is 11.9. The first kappa shape index (κ1) is 20.5. The highest BCUT2D eigenvalue weighted by atomic mass is 28.3. The minimum Gasteiger partial charge on any atom is -0.0656 e. The average Bonchev–Trinajstić information content (AvgIpc) is 2.46. The summed E-state index contributed by atoms with van der Waals surface area (Å²) in [7, 11) is -1.26. The number of aryl methyl sites for hydroxylation is 3. The van der Waals surface area contributed by atoms with Crippen LogP contribution in [0.2, 0.25) is 19.6 Å². The molecule has 0 N–H and O–H groups in total. The van der Waals surface area contributed by atoms with Crippen molar-refractivity contribution in [2.75, 3.05) is 0 Å². The molecule has 0 atom stereocenters. The molecular weight excluding hydrogens is 292 g/mol. The van der Waals surface area contributed by atoms with Crippen LogP contribution in [0.5, 0.6) is 0 Å². The van der Waals surface area contributed by atoms with Crippen LogP contribution in [0, 0.1) is 6.92 Å². The molecule has 0 nitrogen and oxygen atoms in total. The summed E-state index contributed by atoms with van der Waals surface area (Å²) in [5.74, 6) is 0. The van der Waals surface area contributed by atoms with Crippen LogP contribution in [0.25, 0.3) is 0 Å². The van der Waals surface area contributed by atoms with Crippen molar-refractivity contribution in [1.82, 2.24) is 0 Å². The number of benzene rings is 1. The highest BCUT2D eigenvalue weighted by Crippen LogP contribution is 2.18. The third kappa shape index (κ3) is 7.24. The van der Waals surface area contributed by atoms with Crippen LogP contribution in [0.4, 0.5) is 0 Å². The van der Waals surface area contributed by atoms with Crippen LogP contribution in [0.3, 0.4) is 0 Å². The Hall–Kier alpha value is -0.563. The van der Waals surface area contributed by atoms with E-state index in [1.165, 1.54) is 64.2 Å². The number of unbranched alkanes of at least 4 members (excludes halogenated alkanes) is 6. The van der Waals surface area contributed by atoms with E-state index in [0.29, 0.717) is 0 Å². The van der Waals surface area contributed by atoms with Crippen molar-refractivity contribution in [1.29, 1.82) is 0 Å². The number of rotatable bonds is 11. The van der Waals surface area contributed by atoms with Gasteiger partial charge in [-0.25, -0.2) is 0 Å². The fourth-order valence-electron chi connectivity index (χ4n) is 3.85. The first-order valence-corrected chi connectivity index (χ1v) is 13.5. The van der Waals surface area contributed by atoms with Gasteiger partial charge in [-0.1, -0.05) is 94.9 Å². The molecule has 0 saturated carbocycles. The summed E-state index contributed by atoms with van der Waals surface area (Å²) in [5, 5.41) is 1.74. The Kier molecular flexibility index (Phi) is 9.20. The Morgan fingerprint density at radius 1 is 0.739 bits per heavy atom. The Labute approximate surface area is 147 Å². The van der Waals surface area contributed by atoms with Gasteiger partial charge in [0.15, 0.2) is 0 Å². The molecular formula is C22H40Si. The molecule has 0 aliphatic rings. The quantitative estimate of drug-likeness (QED) is 0.309. The van der Waals surface area contributed by atoms with E-state index in [9.17, 15) is 0 Å². The SMILES string of the molecule is CCCCCCc1cc(C)c([Si](C)(C)C)c(CCCCCC)c1. The molecule has 1 aromatic rings.